The van der Waals surface area contributed by atoms with E-state index in [1.165, 1.54) is 0 Å². The highest BCUT2D eigenvalue weighted by Crippen LogP contribution is 2.30. The van der Waals surface area contributed by atoms with Crippen LogP contribution in [0, 0.1) is 0 Å². The Balaban J connectivity index is 2.23. The maximum atomic E-state index is 11.7. The van der Waals surface area contributed by atoms with Crippen LogP contribution in [0.1, 0.15) is 36.5 Å². The standard InChI is InChI=1S/C17H19ClO2/c1-13(19)15-10-9-14-7-3-4-8-16(14)17(15)20-12-6-2-5-11-18/h3-4,7-10H,2,5-6,11-12H2,1H3. The summed E-state index contributed by atoms with van der Waals surface area (Å²) in [6.07, 6.45) is 3.00. The van der Waals surface area contributed by atoms with Crippen LogP contribution in [0.3, 0.4) is 0 Å². The van der Waals surface area contributed by atoms with Gasteiger partial charge in [0.2, 0.25) is 0 Å². The Morgan fingerprint density at radius 3 is 2.65 bits per heavy atom. The number of unbranched alkanes of at least 4 members (excludes halogenated alkanes) is 2. The number of hydrogen-bond acceptors (Lipinski definition) is 2. The molecule has 0 saturated carbocycles. The Labute approximate surface area is 124 Å². The molecule has 0 amide bonds. The highest BCUT2D eigenvalue weighted by Gasteiger charge is 2.12. The predicted molar refractivity (Wildman–Crippen MR) is 84.0 cm³/mol. The van der Waals surface area contributed by atoms with Crippen LogP contribution in [0.4, 0.5) is 0 Å². The second-order valence-corrected chi connectivity index (χ2v) is 5.20. The average Bonchev–Trinajstić information content (AvgIpc) is 2.46. The molecule has 0 atom stereocenters. The number of carbonyl (C=O) groups excluding carboxylic acids is 1. The Kier molecular flexibility index (Phi) is 5.42. The Bertz CT molecular complexity index is 593. The van der Waals surface area contributed by atoms with Crippen LogP contribution in [0.5, 0.6) is 5.75 Å². The molecule has 106 valence electrons. The number of benzene rings is 2. The molecule has 0 bridgehead atoms. The van der Waals surface area contributed by atoms with Crippen molar-refractivity contribution in [2.24, 2.45) is 0 Å². The van der Waals surface area contributed by atoms with Gasteiger partial charge in [0.1, 0.15) is 5.75 Å². The highest BCUT2D eigenvalue weighted by atomic mass is 35.5. The number of rotatable bonds is 7. The molecule has 0 radical (unpaired) electrons. The molecule has 0 heterocycles. The van der Waals surface area contributed by atoms with E-state index in [-0.39, 0.29) is 5.78 Å². The normalized spacial score (nSPS) is 10.7. The molecule has 3 heteroatoms. The molecular formula is C17H19ClO2. The van der Waals surface area contributed by atoms with E-state index in [0.717, 1.165) is 30.0 Å². The molecule has 2 aromatic carbocycles. The van der Waals surface area contributed by atoms with Crippen molar-refractivity contribution in [1.29, 1.82) is 0 Å². The number of ether oxygens (including phenoxy) is 1. The fourth-order valence-electron chi connectivity index (χ4n) is 2.22. The SMILES string of the molecule is CC(=O)c1ccc2ccccc2c1OCCCCCCl. The summed E-state index contributed by atoms with van der Waals surface area (Å²) in [4.78, 5) is 11.7. The van der Waals surface area contributed by atoms with Crippen LogP contribution in [-0.2, 0) is 0 Å². The molecule has 0 N–H and O–H groups in total. The van der Waals surface area contributed by atoms with E-state index < -0.39 is 0 Å². The lowest BCUT2D eigenvalue weighted by Crippen LogP contribution is -2.04. The third kappa shape index (κ3) is 3.51. The molecule has 2 rings (SSSR count). The maximum absolute atomic E-state index is 11.7. The van der Waals surface area contributed by atoms with Gasteiger partial charge in [-0.25, -0.2) is 0 Å². The summed E-state index contributed by atoms with van der Waals surface area (Å²) in [7, 11) is 0. The Morgan fingerprint density at radius 2 is 1.90 bits per heavy atom. The molecule has 0 aromatic heterocycles. The maximum Gasteiger partial charge on any atom is 0.163 e. The molecule has 0 aliphatic rings. The number of carbonyl (C=O) groups is 1. The molecule has 0 unspecified atom stereocenters. The van der Waals surface area contributed by atoms with E-state index in [9.17, 15) is 4.79 Å². The van der Waals surface area contributed by atoms with Gasteiger partial charge < -0.3 is 4.74 Å². The first kappa shape index (κ1) is 14.9. The topological polar surface area (TPSA) is 26.3 Å². The van der Waals surface area contributed by atoms with E-state index in [4.69, 9.17) is 16.3 Å². The third-order valence-corrected chi connectivity index (χ3v) is 3.55. The summed E-state index contributed by atoms with van der Waals surface area (Å²) < 4.78 is 5.89. The van der Waals surface area contributed by atoms with E-state index in [0.29, 0.717) is 23.8 Å². The number of hydrogen-bond donors (Lipinski definition) is 0. The molecule has 2 aromatic rings. The van der Waals surface area contributed by atoms with Crippen LogP contribution < -0.4 is 4.74 Å². The molecule has 0 fully saturated rings. The van der Waals surface area contributed by atoms with Gasteiger partial charge in [-0.1, -0.05) is 30.3 Å². The Morgan fingerprint density at radius 1 is 1.10 bits per heavy atom. The van der Waals surface area contributed by atoms with Gasteiger partial charge >= 0.3 is 0 Å². The molecule has 2 nitrogen and oxygen atoms in total. The van der Waals surface area contributed by atoms with Crippen molar-refractivity contribution in [3.63, 3.8) is 0 Å². The number of Topliss-reactive ketones (excluding diaryl/α,β-unsaturated/α-hetero) is 1. The zero-order chi connectivity index (χ0) is 14.4. The van der Waals surface area contributed by atoms with E-state index in [1.807, 2.05) is 36.4 Å². The first-order valence-electron chi connectivity index (χ1n) is 6.95. The number of ketones is 1. The zero-order valence-electron chi connectivity index (χ0n) is 11.7. The second-order valence-electron chi connectivity index (χ2n) is 4.82. The van der Waals surface area contributed by atoms with Gasteiger partial charge in [0.05, 0.1) is 12.2 Å². The van der Waals surface area contributed by atoms with Crippen LogP contribution >= 0.6 is 11.6 Å². The van der Waals surface area contributed by atoms with Crippen molar-refractivity contribution < 1.29 is 9.53 Å². The molecule has 20 heavy (non-hydrogen) atoms. The van der Waals surface area contributed by atoms with Gasteiger partial charge in [-0.15, -0.1) is 11.6 Å². The minimum absolute atomic E-state index is 0.0338. The fraction of sp³-hybridized carbons (Fsp3) is 0.353. The molecule has 0 aliphatic carbocycles. The number of halogens is 1. The van der Waals surface area contributed by atoms with Crippen LogP contribution in [0.15, 0.2) is 36.4 Å². The molecule has 0 spiro atoms. The first-order valence-corrected chi connectivity index (χ1v) is 7.49. The van der Waals surface area contributed by atoms with Crippen LogP contribution in [0.25, 0.3) is 10.8 Å². The van der Waals surface area contributed by atoms with E-state index in [1.54, 1.807) is 6.92 Å². The number of fused-ring (bicyclic) bond motifs is 1. The van der Waals surface area contributed by atoms with Crippen LogP contribution in [0.2, 0.25) is 0 Å². The summed E-state index contributed by atoms with van der Waals surface area (Å²) in [6.45, 7) is 2.19. The summed E-state index contributed by atoms with van der Waals surface area (Å²) in [5.41, 5.74) is 0.654. The van der Waals surface area contributed by atoms with E-state index in [2.05, 4.69) is 0 Å². The predicted octanol–water partition coefficient (Wildman–Crippen LogP) is 4.83. The van der Waals surface area contributed by atoms with Crippen LogP contribution in [-0.4, -0.2) is 18.3 Å². The van der Waals surface area contributed by atoms with Crippen molar-refractivity contribution in [3.05, 3.63) is 42.0 Å². The Hall–Kier alpha value is -1.54. The van der Waals surface area contributed by atoms with E-state index >= 15 is 0 Å². The number of alkyl halides is 1. The molecule has 0 aliphatic heterocycles. The lowest BCUT2D eigenvalue weighted by molar-refractivity contribution is 0.101. The van der Waals surface area contributed by atoms with Gasteiger partial charge in [-0.3, -0.25) is 4.79 Å². The fourth-order valence-corrected chi connectivity index (χ4v) is 2.41. The van der Waals surface area contributed by atoms with Gasteiger partial charge in [0.15, 0.2) is 5.78 Å². The summed E-state index contributed by atoms with van der Waals surface area (Å²) in [6, 6.07) is 11.8. The summed E-state index contributed by atoms with van der Waals surface area (Å²) >= 11 is 5.66. The minimum atomic E-state index is 0.0338. The molecular weight excluding hydrogens is 272 g/mol. The summed E-state index contributed by atoms with van der Waals surface area (Å²) in [5.74, 6) is 1.43. The third-order valence-electron chi connectivity index (χ3n) is 3.28. The highest BCUT2D eigenvalue weighted by molar-refractivity contribution is 6.17. The average molecular weight is 291 g/mol. The lowest BCUT2D eigenvalue weighted by atomic mass is 10.0. The van der Waals surface area contributed by atoms with Crippen molar-refractivity contribution in [2.75, 3.05) is 12.5 Å². The monoisotopic (exact) mass is 290 g/mol. The minimum Gasteiger partial charge on any atom is -0.492 e. The van der Waals surface area contributed by atoms with Crippen molar-refractivity contribution >= 4 is 28.2 Å². The van der Waals surface area contributed by atoms with Crippen molar-refractivity contribution in [1.82, 2.24) is 0 Å². The van der Waals surface area contributed by atoms with Gasteiger partial charge in [-0.2, -0.15) is 0 Å². The van der Waals surface area contributed by atoms with Gasteiger partial charge in [-0.05, 0) is 37.6 Å². The lowest BCUT2D eigenvalue weighted by Gasteiger charge is -2.13. The smallest absolute Gasteiger partial charge is 0.163 e. The quantitative estimate of drug-likeness (QED) is 0.415. The van der Waals surface area contributed by atoms with Gasteiger partial charge in [0.25, 0.3) is 0 Å². The van der Waals surface area contributed by atoms with Gasteiger partial charge in [0, 0.05) is 11.3 Å². The largest absolute Gasteiger partial charge is 0.492 e. The second kappa shape index (κ2) is 7.30. The zero-order valence-corrected chi connectivity index (χ0v) is 12.5. The molecule has 0 saturated heterocycles. The summed E-state index contributed by atoms with van der Waals surface area (Å²) in [5, 5.41) is 2.09. The van der Waals surface area contributed by atoms with Crippen molar-refractivity contribution in [3.8, 4) is 5.75 Å². The first-order chi connectivity index (χ1) is 9.74. The van der Waals surface area contributed by atoms with Crippen molar-refractivity contribution in [2.45, 2.75) is 26.2 Å².